The first-order valence-electron chi connectivity index (χ1n) is 3.49. The zero-order valence-electron chi connectivity index (χ0n) is 6.00. The number of nitrogens with zero attached hydrogens (tertiary/aromatic N) is 1. The van der Waals surface area contributed by atoms with E-state index in [4.69, 9.17) is 15.1 Å². The van der Waals surface area contributed by atoms with E-state index in [1.54, 1.807) is 0 Å². The minimum atomic E-state index is -0.837. The molecule has 0 aromatic rings. The molecule has 1 fully saturated rings. The lowest BCUT2D eigenvalue weighted by atomic mass is 10.1. The molecule has 1 rings (SSSR count). The van der Waals surface area contributed by atoms with Crippen LogP contribution >= 0.6 is 0 Å². The number of aliphatic hydroxyl groups excluding tert-OH is 1. The van der Waals surface area contributed by atoms with Gasteiger partial charge >= 0.3 is 0 Å². The van der Waals surface area contributed by atoms with Crippen molar-refractivity contribution in [2.45, 2.75) is 31.5 Å². The van der Waals surface area contributed by atoms with E-state index in [1.807, 2.05) is 13.0 Å². The van der Waals surface area contributed by atoms with E-state index in [-0.39, 0.29) is 12.7 Å². The number of rotatable bonds is 3. The molecule has 56 valence electrons. The zero-order chi connectivity index (χ0) is 7.61. The quantitative estimate of drug-likeness (QED) is 0.580. The fourth-order valence-corrected chi connectivity index (χ4v) is 1.05. The van der Waals surface area contributed by atoms with Crippen LogP contribution in [0.4, 0.5) is 0 Å². The summed E-state index contributed by atoms with van der Waals surface area (Å²) in [4.78, 5) is 0. The molecule has 0 radical (unpaired) electrons. The van der Waals surface area contributed by atoms with E-state index < -0.39 is 5.60 Å². The summed E-state index contributed by atoms with van der Waals surface area (Å²) in [7, 11) is 0. The fourth-order valence-electron chi connectivity index (χ4n) is 1.05. The third kappa shape index (κ3) is 1.00. The van der Waals surface area contributed by atoms with Crippen molar-refractivity contribution in [3.05, 3.63) is 0 Å². The van der Waals surface area contributed by atoms with Crippen LogP contribution in [-0.4, -0.2) is 23.4 Å². The lowest BCUT2D eigenvalue weighted by Gasteiger charge is -1.94. The van der Waals surface area contributed by atoms with Crippen molar-refractivity contribution in [3.8, 4) is 6.07 Å². The summed E-state index contributed by atoms with van der Waals surface area (Å²) in [6.07, 6.45) is 1.84. The van der Waals surface area contributed by atoms with Gasteiger partial charge in [0.05, 0.1) is 6.61 Å². The largest absolute Gasteiger partial charge is 0.392 e. The highest BCUT2D eigenvalue weighted by molar-refractivity contribution is 5.17. The summed E-state index contributed by atoms with van der Waals surface area (Å²) in [6.45, 7) is 1.86. The molecular weight excluding hydrogens is 130 g/mol. The molecule has 1 heterocycles. The van der Waals surface area contributed by atoms with Crippen molar-refractivity contribution in [2.75, 3.05) is 6.61 Å². The highest BCUT2D eigenvalue weighted by Gasteiger charge is 2.56. The molecule has 0 aromatic carbocycles. The first-order chi connectivity index (χ1) is 4.79. The second-order valence-corrected chi connectivity index (χ2v) is 2.55. The van der Waals surface area contributed by atoms with Gasteiger partial charge in [0.2, 0.25) is 5.60 Å². The summed E-state index contributed by atoms with van der Waals surface area (Å²) in [5, 5.41) is 17.2. The van der Waals surface area contributed by atoms with Gasteiger partial charge in [0.1, 0.15) is 12.2 Å². The van der Waals surface area contributed by atoms with Gasteiger partial charge in [-0.15, -0.1) is 0 Å². The Morgan fingerprint density at radius 2 is 2.50 bits per heavy atom. The highest BCUT2D eigenvalue weighted by atomic mass is 16.6. The van der Waals surface area contributed by atoms with Crippen LogP contribution in [0.25, 0.3) is 0 Å². The first kappa shape index (κ1) is 7.52. The topological polar surface area (TPSA) is 56.5 Å². The summed E-state index contributed by atoms with van der Waals surface area (Å²) in [5.74, 6) is 0. The number of aliphatic hydroxyl groups is 1. The van der Waals surface area contributed by atoms with Crippen LogP contribution in [0.2, 0.25) is 0 Å². The van der Waals surface area contributed by atoms with Gasteiger partial charge in [-0.3, -0.25) is 0 Å². The summed E-state index contributed by atoms with van der Waals surface area (Å²) < 4.78 is 5.03. The molecule has 2 unspecified atom stereocenters. The Morgan fingerprint density at radius 1 is 1.80 bits per heavy atom. The van der Waals surface area contributed by atoms with Crippen molar-refractivity contribution in [2.24, 2.45) is 0 Å². The maximum atomic E-state index is 8.71. The van der Waals surface area contributed by atoms with Crippen LogP contribution in [0, 0.1) is 11.3 Å². The van der Waals surface area contributed by atoms with Crippen molar-refractivity contribution < 1.29 is 9.84 Å². The van der Waals surface area contributed by atoms with Gasteiger partial charge in [0.25, 0.3) is 0 Å². The number of ether oxygens (including phenoxy) is 1. The average molecular weight is 141 g/mol. The van der Waals surface area contributed by atoms with Crippen molar-refractivity contribution in [3.63, 3.8) is 0 Å². The Bertz CT molecular complexity index is 163. The monoisotopic (exact) mass is 141 g/mol. The maximum Gasteiger partial charge on any atom is 0.203 e. The minimum Gasteiger partial charge on any atom is -0.392 e. The average Bonchev–Trinajstić information content (AvgIpc) is 2.65. The predicted octanol–water partition coefficient (Wildman–Crippen LogP) is 0.440. The molecule has 2 atom stereocenters. The van der Waals surface area contributed by atoms with Gasteiger partial charge in [0, 0.05) is 0 Å². The second-order valence-electron chi connectivity index (χ2n) is 2.55. The number of hydrogen-bond donors (Lipinski definition) is 1. The molecule has 0 aromatic heterocycles. The number of hydrogen-bond acceptors (Lipinski definition) is 3. The molecule has 0 amide bonds. The van der Waals surface area contributed by atoms with E-state index in [0.717, 1.165) is 12.8 Å². The Kier molecular flexibility index (Phi) is 1.93. The molecular formula is C7H11NO2. The molecule has 10 heavy (non-hydrogen) atoms. The number of nitriles is 1. The van der Waals surface area contributed by atoms with Gasteiger partial charge in [-0.1, -0.05) is 13.3 Å². The molecule has 3 heteroatoms. The number of epoxide rings is 1. The minimum absolute atomic E-state index is 0.0208. The van der Waals surface area contributed by atoms with Crippen LogP contribution in [0.5, 0.6) is 0 Å². The molecule has 0 aliphatic carbocycles. The van der Waals surface area contributed by atoms with Gasteiger partial charge in [-0.25, -0.2) is 0 Å². The molecule has 1 aliphatic heterocycles. The Morgan fingerprint density at radius 3 is 2.80 bits per heavy atom. The van der Waals surface area contributed by atoms with Gasteiger partial charge in [0.15, 0.2) is 0 Å². The molecule has 1 N–H and O–H groups in total. The third-order valence-corrected chi connectivity index (χ3v) is 1.79. The maximum absolute atomic E-state index is 8.71. The van der Waals surface area contributed by atoms with E-state index in [9.17, 15) is 0 Å². The SMILES string of the molecule is CCCC1OC1(C#N)CO. The molecule has 1 aliphatic rings. The second kappa shape index (κ2) is 2.57. The fraction of sp³-hybridized carbons (Fsp3) is 0.857. The van der Waals surface area contributed by atoms with Crippen molar-refractivity contribution in [1.29, 1.82) is 5.26 Å². The zero-order valence-corrected chi connectivity index (χ0v) is 6.00. The summed E-state index contributed by atoms with van der Waals surface area (Å²) in [6, 6.07) is 1.96. The lowest BCUT2D eigenvalue weighted by molar-refractivity contribution is 0.206. The molecule has 1 saturated heterocycles. The van der Waals surface area contributed by atoms with Gasteiger partial charge < -0.3 is 9.84 Å². The Hall–Kier alpha value is -0.590. The van der Waals surface area contributed by atoms with Gasteiger partial charge in [-0.2, -0.15) is 5.26 Å². The van der Waals surface area contributed by atoms with Crippen LogP contribution in [0.3, 0.4) is 0 Å². The van der Waals surface area contributed by atoms with E-state index in [1.165, 1.54) is 0 Å². The summed E-state index contributed by atoms with van der Waals surface area (Å²) >= 11 is 0. The molecule has 3 nitrogen and oxygen atoms in total. The first-order valence-corrected chi connectivity index (χ1v) is 3.49. The molecule has 0 bridgehead atoms. The van der Waals surface area contributed by atoms with E-state index in [2.05, 4.69) is 0 Å². The van der Waals surface area contributed by atoms with E-state index in [0.29, 0.717) is 0 Å². The predicted molar refractivity (Wildman–Crippen MR) is 35.2 cm³/mol. The third-order valence-electron chi connectivity index (χ3n) is 1.79. The molecule has 0 spiro atoms. The highest BCUT2D eigenvalue weighted by Crippen LogP contribution is 2.38. The smallest absolute Gasteiger partial charge is 0.203 e. The standard InChI is InChI=1S/C7H11NO2/c1-2-3-6-7(4-8,5-9)10-6/h6,9H,2-3,5H2,1H3. The van der Waals surface area contributed by atoms with Crippen LogP contribution in [0.1, 0.15) is 19.8 Å². The van der Waals surface area contributed by atoms with Crippen molar-refractivity contribution in [1.82, 2.24) is 0 Å². The van der Waals surface area contributed by atoms with Crippen LogP contribution in [0.15, 0.2) is 0 Å². The lowest BCUT2D eigenvalue weighted by Crippen LogP contribution is -2.17. The normalized spacial score (nSPS) is 37.1. The van der Waals surface area contributed by atoms with Gasteiger partial charge in [-0.05, 0) is 6.42 Å². The van der Waals surface area contributed by atoms with Crippen LogP contribution < -0.4 is 0 Å². The van der Waals surface area contributed by atoms with E-state index >= 15 is 0 Å². The van der Waals surface area contributed by atoms with Crippen LogP contribution in [-0.2, 0) is 4.74 Å². The Labute approximate surface area is 60.2 Å². The Balaban J connectivity index is 2.39. The summed E-state index contributed by atoms with van der Waals surface area (Å²) in [5.41, 5.74) is -0.837. The van der Waals surface area contributed by atoms with Crippen molar-refractivity contribution >= 4 is 0 Å². The molecule has 0 saturated carbocycles.